The van der Waals surface area contributed by atoms with Gasteiger partial charge in [0.05, 0.1) is 19.2 Å². The third-order valence-corrected chi connectivity index (χ3v) is 5.25. The molecule has 0 unspecified atom stereocenters. The molecule has 25 heavy (non-hydrogen) atoms. The maximum absolute atomic E-state index is 12.8. The smallest absolute Gasteiger partial charge is 0.276 e. The first-order valence-electron chi connectivity index (χ1n) is 8.33. The molecule has 3 rings (SSSR count). The minimum atomic E-state index is -0.0918. The van der Waals surface area contributed by atoms with E-state index < -0.39 is 0 Å². The van der Waals surface area contributed by atoms with E-state index in [1.165, 1.54) is 6.42 Å². The summed E-state index contributed by atoms with van der Waals surface area (Å²) >= 11 is 11.6. The molecule has 1 aliphatic carbocycles. The Hall–Kier alpha value is -1.79. The van der Waals surface area contributed by atoms with Gasteiger partial charge in [-0.05, 0) is 37.2 Å². The summed E-state index contributed by atoms with van der Waals surface area (Å²) in [4.78, 5) is 14.6. The number of ether oxygens (including phenoxy) is 2. The predicted molar refractivity (Wildman–Crippen MR) is 102 cm³/mol. The highest BCUT2D eigenvalue weighted by molar-refractivity contribution is 7.80. The van der Waals surface area contributed by atoms with Crippen molar-refractivity contribution in [3.8, 4) is 11.5 Å². The summed E-state index contributed by atoms with van der Waals surface area (Å²) in [7, 11) is 3.11. The second-order valence-electron chi connectivity index (χ2n) is 6.18. The number of rotatable bonds is 4. The van der Waals surface area contributed by atoms with E-state index in [0.29, 0.717) is 32.9 Å². The molecule has 1 N–H and O–H groups in total. The van der Waals surface area contributed by atoms with Crippen LogP contribution >= 0.6 is 23.8 Å². The highest BCUT2D eigenvalue weighted by atomic mass is 35.5. The lowest BCUT2D eigenvalue weighted by atomic mass is 9.94. The number of hydrogen-bond acceptors (Lipinski definition) is 4. The van der Waals surface area contributed by atoms with E-state index >= 15 is 0 Å². The molecule has 1 saturated heterocycles. The number of halogens is 1. The van der Waals surface area contributed by atoms with Gasteiger partial charge in [0.2, 0.25) is 0 Å². The van der Waals surface area contributed by atoms with Crippen molar-refractivity contribution in [3.63, 3.8) is 0 Å². The number of amides is 1. The molecule has 2 aliphatic rings. The van der Waals surface area contributed by atoms with E-state index in [2.05, 4.69) is 5.32 Å². The summed E-state index contributed by atoms with van der Waals surface area (Å²) in [6.45, 7) is 0. The van der Waals surface area contributed by atoms with Gasteiger partial charge in [-0.25, -0.2) is 0 Å². The molecule has 0 radical (unpaired) electrons. The monoisotopic (exact) mass is 380 g/mol. The van der Waals surface area contributed by atoms with Crippen molar-refractivity contribution in [1.29, 1.82) is 0 Å². The first-order chi connectivity index (χ1) is 12.0. The van der Waals surface area contributed by atoms with Gasteiger partial charge in [0.25, 0.3) is 5.91 Å². The summed E-state index contributed by atoms with van der Waals surface area (Å²) in [5, 5.41) is 3.96. The van der Waals surface area contributed by atoms with Crippen LogP contribution in [0, 0.1) is 0 Å². The zero-order chi connectivity index (χ0) is 18.0. The van der Waals surface area contributed by atoms with Crippen LogP contribution < -0.4 is 14.8 Å². The molecule has 1 amide bonds. The Morgan fingerprint density at radius 3 is 2.52 bits per heavy atom. The molecule has 1 saturated carbocycles. The summed E-state index contributed by atoms with van der Waals surface area (Å²) in [5.74, 6) is 1.00. The molecule has 0 atom stereocenters. The summed E-state index contributed by atoms with van der Waals surface area (Å²) in [5.41, 5.74) is 1.13. The van der Waals surface area contributed by atoms with E-state index in [0.717, 1.165) is 25.7 Å². The van der Waals surface area contributed by atoms with Crippen molar-refractivity contribution in [3.05, 3.63) is 28.4 Å². The highest BCUT2D eigenvalue weighted by Crippen LogP contribution is 2.34. The zero-order valence-electron chi connectivity index (χ0n) is 14.3. The number of carbonyl (C=O) groups excluding carboxylic acids is 1. The number of thiocarbonyl (C=S) groups is 1. The molecule has 1 aromatic carbocycles. The Kier molecular flexibility index (Phi) is 5.49. The second-order valence-corrected chi connectivity index (χ2v) is 6.98. The van der Waals surface area contributed by atoms with Crippen LogP contribution in [0.3, 0.4) is 0 Å². The molecule has 5 nitrogen and oxygen atoms in total. The van der Waals surface area contributed by atoms with Gasteiger partial charge >= 0.3 is 0 Å². The predicted octanol–water partition coefficient (Wildman–Crippen LogP) is 3.75. The lowest BCUT2D eigenvalue weighted by Crippen LogP contribution is -2.41. The number of methoxy groups -OCH3 is 2. The van der Waals surface area contributed by atoms with Gasteiger partial charge in [-0.15, -0.1) is 0 Å². The van der Waals surface area contributed by atoms with E-state index in [1.54, 1.807) is 37.3 Å². The Balaban J connectivity index is 1.90. The van der Waals surface area contributed by atoms with Crippen molar-refractivity contribution in [2.45, 2.75) is 38.1 Å². The van der Waals surface area contributed by atoms with Crippen LogP contribution in [0.5, 0.6) is 11.5 Å². The van der Waals surface area contributed by atoms with Crippen molar-refractivity contribution >= 4 is 40.9 Å². The van der Waals surface area contributed by atoms with Gasteiger partial charge in [-0.1, -0.05) is 30.9 Å². The second kappa shape index (κ2) is 7.62. The van der Waals surface area contributed by atoms with Crippen LogP contribution in [0.15, 0.2) is 17.8 Å². The molecule has 134 valence electrons. The van der Waals surface area contributed by atoms with E-state index in [9.17, 15) is 4.79 Å². The van der Waals surface area contributed by atoms with Crippen molar-refractivity contribution in [2.24, 2.45) is 0 Å². The van der Waals surface area contributed by atoms with Gasteiger partial charge in [0.15, 0.2) is 5.11 Å². The zero-order valence-corrected chi connectivity index (χ0v) is 15.9. The quantitative estimate of drug-likeness (QED) is 0.636. The number of benzene rings is 1. The number of nitrogens with one attached hydrogen (secondary N) is 1. The average Bonchev–Trinajstić information content (AvgIpc) is 2.89. The number of carbonyl (C=O) groups is 1. The largest absolute Gasteiger partial charge is 0.496 e. The normalized spacial score (nSPS) is 20.1. The molecule has 0 spiro atoms. The van der Waals surface area contributed by atoms with Gasteiger partial charge < -0.3 is 14.8 Å². The van der Waals surface area contributed by atoms with E-state index in [4.69, 9.17) is 33.3 Å². The third kappa shape index (κ3) is 3.60. The molecule has 1 aromatic rings. The van der Waals surface area contributed by atoms with Gasteiger partial charge in [-0.3, -0.25) is 9.69 Å². The summed E-state index contributed by atoms with van der Waals surface area (Å²) in [6, 6.07) is 3.60. The van der Waals surface area contributed by atoms with Crippen LogP contribution in [0.2, 0.25) is 5.02 Å². The fourth-order valence-electron chi connectivity index (χ4n) is 3.37. The SMILES string of the molecule is COc1cc(OC)c(/C=C2\NC(=S)N(C3CCCCC3)C2=O)cc1Cl. The fraction of sp³-hybridized carbons (Fsp3) is 0.444. The molecular formula is C18H21ClN2O3S. The molecule has 0 bridgehead atoms. The van der Waals surface area contributed by atoms with Gasteiger partial charge in [-0.2, -0.15) is 0 Å². The van der Waals surface area contributed by atoms with E-state index in [-0.39, 0.29) is 11.9 Å². The van der Waals surface area contributed by atoms with Gasteiger partial charge in [0, 0.05) is 17.7 Å². The number of nitrogens with zero attached hydrogens (tertiary/aromatic N) is 1. The summed E-state index contributed by atoms with van der Waals surface area (Å²) < 4.78 is 10.6. The Labute approximate surface area is 157 Å². The first-order valence-corrected chi connectivity index (χ1v) is 9.11. The highest BCUT2D eigenvalue weighted by Gasteiger charge is 2.36. The Bertz CT molecular complexity index is 729. The van der Waals surface area contributed by atoms with Crippen molar-refractivity contribution in [2.75, 3.05) is 14.2 Å². The van der Waals surface area contributed by atoms with Crippen LogP contribution in [-0.4, -0.2) is 36.2 Å². The van der Waals surface area contributed by atoms with Crippen LogP contribution in [0.1, 0.15) is 37.7 Å². The van der Waals surface area contributed by atoms with Crippen LogP contribution in [-0.2, 0) is 4.79 Å². The minimum absolute atomic E-state index is 0.0918. The molecule has 1 aliphatic heterocycles. The fourth-order valence-corrected chi connectivity index (χ4v) is 3.96. The molecule has 2 fully saturated rings. The lowest BCUT2D eigenvalue weighted by Gasteiger charge is -2.29. The van der Waals surface area contributed by atoms with Crippen molar-refractivity contribution < 1.29 is 14.3 Å². The first kappa shape index (κ1) is 18.0. The number of hydrogen-bond donors (Lipinski definition) is 1. The molecule has 0 aromatic heterocycles. The maximum Gasteiger partial charge on any atom is 0.276 e. The lowest BCUT2D eigenvalue weighted by molar-refractivity contribution is -0.124. The Morgan fingerprint density at radius 1 is 1.20 bits per heavy atom. The van der Waals surface area contributed by atoms with Crippen molar-refractivity contribution in [1.82, 2.24) is 10.2 Å². The average molecular weight is 381 g/mol. The molecule has 1 heterocycles. The van der Waals surface area contributed by atoms with Crippen LogP contribution in [0.25, 0.3) is 6.08 Å². The topological polar surface area (TPSA) is 50.8 Å². The van der Waals surface area contributed by atoms with Gasteiger partial charge in [0.1, 0.15) is 17.2 Å². The summed E-state index contributed by atoms with van der Waals surface area (Å²) in [6.07, 6.45) is 7.22. The Morgan fingerprint density at radius 2 is 1.88 bits per heavy atom. The standard InChI is InChI=1S/C18H21ClN2O3S/c1-23-15-10-16(24-2)13(19)8-11(15)9-14-17(22)21(18(25)20-14)12-6-4-3-5-7-12/h8-10,12H,3-7H2,1-2H3,(H,20,25)/b14-9-. The minimum Gasteiger partial charge on any atom is -0.496 e. The molecular weight excluding hydrogens is 360 g/mol. The van der Waals surface area contributed by atoms with Crippen LogP contribution in [0.4, 0.5) is 0 Å². The molecule has 7 heteroatoms. The third-order valence-electron chi connectivity index (χ3n) is 4.65. The van der Waals surface area contributed by atoms with E-state index in [1.807, 2.05) is 0 Å². The maximum atomic E-state index is 12.8.